The Balaban J connectivity index is 1.38. The number of hydrogen-bond acceptors (Lipinski definition) is 7. The Morgan fingerprint density at radius 3 is 2.64 bits per heavy atom. The number of para-hydroxylation sites is 1. The maximum Gasteiger partial charge on any atom is 0.291 e. The number of amides is 3. The summed E-state index contributed by atoms with van der Waals surface area (Å²) < 4.78 is 5.44. The number of thioether (sulfide) groups is 1. The van der Waals surface area contributed by atoms with E-state index in [9.17, 15) is 14.4 Å². The number of fused-ring (bicyclic) bond motifs is 1. The molecule has 1 N–H and O–H groups in total. The van der Waals surface area contributed by atoms with Crippen LogP contribution in [0.3, 0.4) is 0 Å². The molecule has 0 atom stereocenters. The number of rotatable bonds is 7. The van der Waals surface area contributed by atoms with Crippen molar-refractivity contribution < 1.29 is 19.1 Å². The third-order valence-corrected chi connectivity index (χ3v) is 5.98. The second-order valence-electron chi connectivity index (χ2n) is 7.28. The maximum atomic E-state index is 13.2. The zero-order chi connectivity index (χ0) is 23.2. The summed E-state index contributed by atoms with van der Waals surface area (Å²) in [6.45, 7) is 0.863. The van der Waals surface area contributed by atoms with Gasteiger partial charge in [-0.15, -0.1) is 11.8 Å². The number of anilines is 1. The third-order valence-electron chi connectivity index (χ3n) is 5.06. The zero-order valence-corrected chi connectivity index (χ0v) is 18.9. The highest BCUT2D eigenvalue weighted by atomic mass is 32.2. The fourth-order valence-corrected chi connectivity index (χ4v) is 4.24. The number of hydrogen-bond donors (Lipinski definition) is 1. The van der Waals surface area contributed by atoms with Gasteiger partial charge in [-0.25, -0.2) is 15.0 Å². The molecule has 1 fully saturated rings. The summed E-state index contributed by atoms with van der Waals surface area (Å²) in [4.78, 5) is 46.6. The van der Waals surface area contributed by atoms with Gasteiger partial charge in [-0.1, -0.05) is 18.2 Å². The molecule has 0 spiro atoms. The normalized spacial score (nSPS) is 13.2. The average Bonchev–Trinajstić information content (AvgIpc) is 3.33. The number of pyridine rings is 2. The highest BCUT2D eigenvalue weighted by molar-refractivity contribution is 8.00. The molecule has 1 aromatic carbocycles. The van der Waals surface area contributed by atoms with Crippen LogP contribution >= 0.6 is 11.8 Å². The minimum Gasteiger partial charge on any atom is -0.496 e. The van der Waals surface area contributed by atoms with Gasteiger partial charge in [0.25, 0.3) is 11.8 Å². The first-order valence-electron chi connectivity index (χ1n) is 10.4. The SMILES string of the molecule is COc1cc(C(=O)N2CCCN2C(=O)CSCC(=O)Nc2ccccn2)nc2ccccc12. The smallest absolute Gasteiger partial charge is 0.291 e. The average molecular weight is 466 g/mol. The highest BCUT2D eigenvalue weighted by Crippen LogP contribution is 2.26. The number of nitrogens with zero attached hydrogens (tertiary/aromatic N) is 4. The van der Waals surface area contributed by atoms with Gasteiger partial charge in [0.15, 0.2) is 0 Å². The monoisotopic (exact) mass is 465 g/mol. The summed E-state index contributed by atoms with van der Waals surface area (Å²) in [7, 11) is 1.54. The zero-order valence-electron chi connectivity index (χ0n) is 18.1. The van der Waals surface area contributed by atoms with E-state index in [0.717, 1.165) is 5.39 Å². The van der Waals surface area contributed by atoms with Crippen LogP contribution in [-0.4, -0.2) is 69.4 Å². The number of carbonyl (C=O) groups is 3. The van der Waals surface area contributed by atoms with Crippen LogP contribution in [0.2, 0.25) is 0 Å². The number of carbonyl (C=O) groups excluding carboxylic acids is 3. The van der Waals surface area contributed by atoms with Gasteiger partial charge in [0.05, 0.1) is 24.1 Å². The minimum absolute atomic E-state index is 0.0773. The topological polar surface area (TPSA) is 105 Å². The van der Waals surface area contributed by atoms with Crippen LogP contribution < -0.4 is 10.1 Å². The van der Waals surface area contributed by atoms with Crippen molar-refractivity contribution in [2.75, 3.05) is 37.0 Å². The van der Waals surface area contributed by atoms with Crippen LogP contribution in [0.5, 0.6) is 5.75 Å². The molecule has 3 aromatic rings. The summed E-state index contributed by atoms with van der Waals surface area (Å²) in [5.41, 5.74) is 0.861. The van der Waals surface area contributed by atoms with Gasteiger partial charge >= 0.3 is 0 Å². The second-order valence-corrected chi connectivity index (χ2v) is 8.27. The largest absolute Gasteiger partial charge is 0.496 e. The fourth-order valence-electron chi connectivity index (χ4n) is 3.56. The number of nitrogens with one attached hydrogen (secondary N) is 1. The fraction of sp³-hybridized carbons (Fsp3) is 0.261. The van der Waals surface area contributed by atoms with Crippen LogP contribution in [0.1, 0.15) is 16.9 Å². The number of ether oxygens (including phenoxy) is 1. The molecule has 0 saturated carbocycles. The van der Waals surface area contributed by atoms with E-state index in [0.29, 0.717) is 36.6 Å². The summed E-state index contributed by atoms with van der Waals surface area (Å²) >= 11 is 1.19. The Hall–Kier alpha value is -3.66. The minimum atomic E-state index is -0.359. The lowest BCUT2D eigenvalue weighted by Gasteiger charge is -2.27. The Labute approximate surface area is 195 Å². The molecule has 3 amide bonds. The second kappa shape index (κ2) is 10.3. The van der Waals surface area contributed by atoms with Gasteiger partial charge < -0.3 is 10.1 Å². The van der Waals surface area contributed by atoms with Crippen molar-refractivity contribution in [1.29, 1.82) is 0 Å². The molecular formula is C23H23N5O4S. The van der Waals surface area contributed by atoms with Crippen molar-refractivity contribution in [3.63, 3.8) is 0 Å². The molecule has 2 aromatic heterocycles. The van der Waals surface area contributed by atoms with Crippen LogP contribution in [0.4, 0.5) is 5.82 Å². The summed E-state index contributed by atoms with van der Waals surface area (Å²) in [5, 5.41) is 6.35. The van der Waals surface area contributed by atoms with E-state index >= 15 is 0 Å². The van der Waals surface area contributed by atoms with Gasteiger partial charge in [0.1, 0.15) is 17.3 Å². The molecular weight excluding hydrogens is 442 g/mol. The number of hydrazine groups is 1. The Morgan fingerprint density at radius 2 is 1.85 bits per heavy atom. The molecule has 1 aliphatic rings. The van der Waals surface area contributed by atoms with E-state index in [1.807, 2.05) is 24.3 Å². The van der Waals surface area contributed by atoms with Crippen molar-refractivity contribution in [3.8, 4) is 5.75 Å². The molecule has 33 heavy (non-hydrogen) atoms. The van der Waals surface area contributed by atoms with Crippen LogP contribution in [0.25, 0.3) is 10.9 Å². The molecule has 10 heteroatoms. The van der Waals surface area contributed by atoms with Crippen molar-refractivity contribution in [2.24, 2.45) is 0 Å². The number of methoxy groups -OCH3 is 1. The molecule has 0 radical (unpaired) electrons. The van der Waals surface area contributed by atoms with Crippen LogP contribution in [0.15, 0.2) is 54.7 Å². The molecule has 0 bridgehead atoms. The first kappa shape index (κ1) is 22.5. The van der Waals surface area contributed by atoms with Crippen molar-refractivity contribution in [3.05, 3.63) is 60.4 Å². The van der Waals surface area contributed by atoms with Gasteiger partial charge in [-0.2, -0.15) is 0 Å². The van der Waals surface area contributed by atoms with Gasteiger partial charge in [0, 0.05) is 30.7 Å². The molecule has 1 aliphatic heterocycles. The predicted octanol–water partition coefficient (Wildman–Crippen LogP) is 2.60. The lowest BCUT2D eigenvalue weighted by Crippen LogP contribution is -2.46. The highest BCUT2D eigenvalue weighted by Gasteiger charge is 2.32. The lowest BCUT2D eigenvalue weighted by molar-refractivity contribution is -0.137. The van der Waals surface area contributed by atoms with E-state index in [1.54, 1.807) is 37.6 Å². The molecule has 4 rings (SSSR count). The van der Waals surface area contributed by atoms with Crippen molar-refractivity contribution in [1.82, 2.24) is 20.0 Å². The third kappa shape index (κ3) is 5.23. The van der Waals surface area contributed by atoms with E-state index in [2.05, 4.69) is 15.3 Å². The first-order chi connectivity index (χ1) is 16.1. The molecule has 0 unspecified atom stereocenters. The summed E-state index contributed by atoms with van der Waals surface area (Å²) in [5.74, 6) is 0.362. The van der Waals surface area contributed by atoms with Gasteiger partial charge in [-0.3, -0.25) is 19.4 Å². The number of aromatic nitrogens is 2. The van der Waals surface area contributed by atoms with Gasteiger partial charge in [-0.05, 0) is 30.7 Å². The quantitative estimate of drug-likeness (QED) is 0.572. The maximum absolute atomic E-state index is 13.2. The molecule has 9 nitrogen and oxygen atoms in total. The van der Waals surface area contributed by atoms with E-state index < -0.39 is 0 Å². The molecule has 1 saturated heterocycles. The molecule has 0 aliphatic carbocycles. The van der Waals surface area contributed by atoms with Crippen molar-refractivity contribution in [2.45, 2.75) is 6.42 Å². The standard InChI is InChI=1S/C23H23N5O4S/c1-32-19-13-18(25-17-8-3-2-7-16(17)19)23(31)28-12-6-11-27(28)22(30)15-33-14-21(29)26-20-9-4-5-10-24-20/h2-5,7-10,13H,6,11-12,14-15H2,1H3,(H,24,26,29). The Morgan fingerprint density at radius 1 is 1.06 bits per heavy atom. The number of benzene rings is 1. The molecule has 3 heterocycles. The predicted molar refractivity (Wildman–Crippen MR) is 126 cm³/mol. The molecule has 170 valence electrons. The summed E-state index contributed by atoms with van der Waals surface area (Å²) in [6, 6.07) is 14.2. The lowest BCUT2D eigenvalue weighted by atomic mass is 10.1. The van der Waals surface area contributed by atoms with E-state index in [-0.39, 0.29) is 34.9 Å². The van der Waals surface area contributed by atoms with Crippen molar-refractivity contribution >= 4 is 46.2 Å². The van der Waals surface area contributed by atoms with Gasteiger partial charge in [0.2, 0.25) is 5.91 Å². The first-order valence-corrected chi connectivity index (χ1v) is 11.6. The Kier molecular flexibility index (Phi) is 7.04. The summed E-state index contributed by atoms with van der Waals surface area (Å²) in [6.07, 6.45) is 2.26. The van der Waals surface area contributed by atoms with E-state index in [1.165, 1.54) is 21.8 Å². The van der Waals surface area contributed by atoms with Crippen LogP contribution in [-0.2, 0) is 9.59 Å². The van der Waals surface area contributed by atoms with Crippen LogP contribution in [0, 0.1) is 0 Å². The Bertz CT molecular complexity index is 1170. The van der Waals surface area contributed by atoms with E-state index in [4.69, 9.17) is 4.74 Å².